The predicted octanol–water partition coefficient (Wildman–Crippen LogP) is 3.10. The van der Waals surface area contributed by atoms with Crippen molar-refractivity contribution in [1.82, 2.24) is 9.21 Å². The first-order valence-electron chi connectivity index (χ1n) is 9.47. The number of piperazine rings is 1. The van der Waals surface area contributed by atoms with E-state index in [1.165, 1.54) is 28.4 Å². The van der Waals surface area contributed by atoms with Crippen molar-refractivity contribution in [3.63, 3.8) is 0 Å². The molecule has 6 nitrogen and oxygen atoms in total. The molecule has 0 aliphatic carbocycles. The topological polar surface area (TPSA) is 66.9 Å². The Kier molecular flexibility index (Phi) is 6.24. The number of amides is 1. The second kappa shape index (κ2) is 8.51. The molecular formula is C21H25FN2O4S. The molecule has 1 heterocycles. The van der Waals surface area contributed by atoms with Crippen molar-refractivity contribution >= 4 is 15.9 Å². The van der Waals surface area contributed by atoms with Crippen molar-refractivity contribution in [2.75, 3.05) is 33.3 Å². The van der Waals surface area contributed by atoms with Crippen molar-refractivity contribution in [2.24, 2.45) is 0 Å². The van der Waals surface area contributed by atoms with Crippen LogP contribution >= 0.6 is 0 Å². The highest BCUT2D eigenvalue weighted by molar-refractivity contribution is 7.89. The lowest BCUT2D eigenvalue weighted by atomic mass is 10.0. The van der Waals surface area contributed by atoms with Gasteiger partial charge in [0.1, 0.15) is 0 Å². The van der Waals surface area contributed by atoms with Crippen LogP contribution in [0.25, 0.3) is 0 Å². The summed E-state index contributed by atoms with van der Waals surface area (Å²) in [6.07, 6.45) is 0. The van der Waals surface area contributed by atoms with Gasteiger partial charge in [0.15, 0.2) is 11.6 Å². The molecule has 156 valence electrons. The Balaban J connectivity index is 1.67. The Bertz CT molecular complexity index is 982. The van der Waals surface area contributed by atoms with Crippen LogP contribution < -0.4 is 4.74 Å². The summed E-state index contributed by atoms with van der Waals surface area (Å²) in [6, 6.07) is 11.0. The van der Waals surface area contributed by atoms with Gasteiger partial charge in [0.05, 0.1) is 12.0 Å². The summed E-state index contributed by atoms with van der Waals surface area (Å²) >= 11 is 0. The molecule has 0 N–H and O–H groups in total. The van der Waals surface area contributed by atoms with Crippen molar-refractivity contribution in [1.29, 1.82) is 0 Å². The fourth-order valence-electron chi connectivity index (χ4n) is 3.29. The van der Waals surface area contributed by atoms with Crippen LogP contribution in [-0.4, -0.2) is 56.8 Å². The number of nitrogens with zero attached hydrogens (tertiary/aromatic N) is 2. The lowest BCUT2D eigenvalue weighted by Gasteiger charge is -2.34. The van der Waals surface area contributed by atoms with Gasteiger partial charge in [-0.25, -0.2) is 12.8 Å². The van der Waals surface area contributed by atoms with E-state index in [4.69, 9.17) is 4.74 Å². The number of carbonyl (C=O) groups is 1. The molecule has 1 fully saturated rings. The number of carbonyl (C=O) groups excluding carboxylic acids is 1. The highest BCUT2D eigenvalue weighted by Crippen LogP contribution is 2.23. The molecule has 2 aromatic rings. The molecule has 0 aromatic heterocycles. The lowest BCUT2D eigenvalue weighted by molar-refractivity contribution is 0.0697. The summed E-state index contributed by atoms with van der Waals surface area (Å²) in [7, 11) is -2.26. The first kappa shape index (κ1) is 21.3. The maximum Gasteiger partial charge on any atom is 0.254 e. The maximum atomic E-state index is 13.9. The standard InChI is InChI=1S/C21H25FN2O4S/c1-15(2)16-4-7-18(8-5-16)29(26,27)24-12-10-23(11-13-24)21(25)17-6-9-20(28-3)19(22)14-17/h4-9,14-15H,10-13H2,1-3H3. The van der Waals surface area contributed by atoms with Crippen LogP contribution in [0, 0.1) is 5.82 Å². The lowest BCUT2D eigenvalue weighted by Crippen LogP contribution is -2.50. The fourth-order valence-corrected chi connectivity index (χ4v) is 4.71. The van der Waals surface area contributed by atoms with Crippen LogP contribution in [0.5, 0.6) is 5.75 Å². The minimum atomic E-state index is -3.62. The quantitative estimate of drug-likeness (QED) is 0.746. The number of rotatable bonds is 5. The Labute approximate surface area is 170 Å². The molecule has 0 bridgehead atoms. The maximum absolute atomic E-state index is 13.9. The van der Waals surface area contributed by atoms with Gasteiger partial charge in [-0.1, -0.05) is 26.0 Å². The van der Waals surface area contributed by atoms with Gasteiger partial charge in [0.25, 0.3) is 5.91 Å². The molecule has 1 aliphatic heterocycles. The van der Waals surface area contributed by atoms with Crippen LogP contribution in [0.1, 0.15) is 35.7 Å². The Morgan fingerprint density at radius 3 is 2.17 bits per heavy atom. The van der Waals surface area contributed by atoms with Crippen LogP contribution in [-0.2, 0) is 10.0 Å². The number of methoxy groups -OCH3 is 1. The minimum Gasteiger partial charge on any atom is -0.494 e. The zero-order valence-corrected chi connectivity index (χ0v) is 17.6. The van der Waals surface area contributed by atoms with E-state index >= 15 is 0 Å². The van der Waals surface area contributed by atoms with Gasteiger partial charge < -0.3 is 9.64 Å². The van der Waals surface area contributed by atoms with E-state index in [1.54, 1.807) is 12.1 Å². The van der Waals surface area contributed by atoms with Crippen molar-refractivity contribution < 1.29 is 22.3 Å². The minimum absolute atomic E-state index is 0.0703. The normalized spacial score (nSPS) is 15.6. The molecule has 1 saturated heterocycles. The number of sulfonamides is 1. The smallest absolute Gasteiger partial charge is 0.254 e. The molecule has 0 atom stereocenters. The highest BCUT2D eigenvalue weighted by Gasteiger charge is 2.30. The van der Waals surface area contributed by atoms with Gasteiger partial charge >= 0.3 is 0 Å². The van der Waals surface area contributed by atoms with Gasteiger partial charge in [-0.3, -0.25) is 4.79 Å². The molecule has 0 saturated carbocycles. The van der Waals surface area contributed by atoms with Gasteiger partial charge in [-0.2, -0.15) is 4.31 Å². The molecule has 1 aliphatic rings. The third kappa shape index (κ3) is 4.43. The van der Waals surface area contributed by atoms with E-state index in [-0.39, 0.29) is 48.3 Å². The third-order valence-corrected chi connectivity index (χ3v) is 7.02. The van der Waals surface area contributed by atoms with E-state index in [0.717, 1.165) is 11.6 Å². The Morgan fingerprint density at radius 1 is 1.03 bits per heavy atom. The zero-order chi connectivity index (χ0) is 21.2. The molecule has 3 rings (SSSR count). The van der Waals surface area contributed by atoms with Crippen LogP contribution in [0.4, 0.5) is 4.39 Å². The van der Waals surface area contributed by atoms with Crippen LogP contribution in [0.2, 0.25) is 0 Å². The molecule has 2 aromatic carbocycles. The van der Waals surface area contributed by atoms with Crippen molar-refractivity contribution in [2.45, 2.75) is 24.7 Å². The Hall–Kier alpha value is -2.45. The molecule has 0 unspecified atom stereocenters. The number of hydrogen-bond acceptors (Lipinski definition) is 4. The molecule has 29 heavy (non-hydrogen) atoms. The molecule has 1 amide bonds. The SMILES string of the molecule is COc1ccc(C(=O)N2CCN(S(=O)(=O)c3ccc(C(C)C)cc3)CC2)cc1F. The van der Waals surface area contributed by atoms with Gasteiger partial charge in [-0.05, 0) is 41.8 Å². The first-order valence-corrected chi connectivity index (χ1v) is 10.9. The number of benzene rings is 2. The highest BCUT2D eigenvalue weighted by atomic mass is 32.2. The summed E-state index contributed by atoms with van der Waals surface area (Å²) in [5, 5.41) is 0. The summed E-state index contributed by atoms with van der Waals surface area (Å²) < 4.78 is 45.9. The van der Waals surface area contributed by atoms with Gasteiger partial charge in [-0.15, -0.1) is 0 Å². The van der Waals surface area contributed by atoms with Crippen LogP contribution in [0.15, 0.2) is 47.4 Å². The van der Waals surface area contributed by atoms with E-state index in [9.17, 15) is 17.6 Å². The van der Waals surface area contributed by atoms with E-state index in [0.29, 0.717) is 5.92 Å². The summed E-state index contributed by atoms with van der Waals surface area (Å²) in [6.45, 7) is 4.98. The Morgan fingerprint density at radius 2 is 1.66 bits per heavy atom. The van der Waals surface area contributed by atoms with E-state index in [1.807, 2.05) is 12.1 Å². The average molecular weight is 421 g/mol. The molecule has 8 heteroatoms. The summed E-state index contributed by atoms with van der Waals surface area (Å²) in [4.78, 5) is 14.4. The van der Waals surface area contributed by atoms with Crippen molar-refractivity contribution in [3.05, 3.63) is 59.4 Å². The van der Waals surface area contributed by atoms with E-state index < -0.39 is 15.8 Å². The summed E-state index contributed by atoms with van der Waals surface area (Å²) in [5.74, 6) is -0.542. The van der Waals surface area contributed by atoms with Crippen LogP contribution in [0.3, 0.4) is 0 Å². The number of halogens is 1. The second-order valence-corrected chi connectivity index (χ2v) is 9.21. The molecule has 0 radical (unpaired) electrons. The predicted molar refractivity (Wildman–Crippen MR) is 108 cm³/mol. The molecular weight excluding hydrogens is 395 g/mol. The monoisotopic (exact) mass is 420 g/mol. The molecule has 0 spiro atoms. The largest absolute Gasteiger partial charge is 0.494 e. The third-order valence-electron chi connectivity index (χ3n) is 5.11. The average Bonchev–Trinajstić information content (AvgIpc) is 2.73. The number of hydrogen-bond donors (Lipinski definition) is 0. The van der Waals surface area contributed by atoms with E-state index in [2.05, 4.69) is 13.8 Å². The fraction of sp³-hybridized carbons (Fsp3) is 0.381. The van der Waals surface area contributed by atoms with Gasteiger partial charge in [0, 0.05) is 31.7 Å². The zero-order valence-electron chi connectivity index (χ0n) is 16.8. The second-order valence-electron chi connectivity index (χ2n) is 7.27. The first-order chi connectivity index (χ1) is 13.7. The number of ether oxygens (including phenoxy) is 1. The van der Waals surface area contributed by atoms with Gasteiger partial charge in [0.2, 0.25) is 10.0 Å². The summed E-state index contributed by atoms with van der Waals surface area (Å²) in [5.41, 5.74) is 1.29. The van der Waals surface area contributed by atoms with Crippen molar-refractivity contribution in [3.8, 4) is 5.75 Å².